The first kappa shape index (κ1) is 13.6. The molecule has 1 aliphatic heterocycles. The second-order valence-electron chi connectivity index (χ2n) is 6.85. The van der Waals surface area contributed by atoms with Gasteiger partial charge in [-0.3, -0.25) is 4.90 Å². The van der Waals surface area contributed by atoms with Crippen molar-refractivity contribution in [2.24, 2.45) is 17.8 Å². The van der Waals surface area contributed by atoms with Crippen LogP contribution in [-0.2, 0) is 0 Å². The minimum atomic E-state index is 0.826. The molecule has 1 saturated heterocycles. The summed E-state index contributed by atoms with van der Waals surface area (Å²) in [6.45, 7) is 11.2. The fourth-order valence-corrected chi connectivity index (χ4v) is 4.55. The Bertz CT molecular complexity index is 313. The first-order valence-electron chi connectivity index (χ1n) is 8.44. The molecule has 0 aromatic heterocycles. The van der Waals surface area contributed by atoms with Gasteiger partial charge in [0.25, 0.3) is 0 Å². The highest BCUT2D eigenvalue weighted by Crippen LogP contribution is 2.43. The van der Waals surface area contributed by atoms with Crippen molar-refractivity contribution in [2.45, 2.75) is 45.6 Å². The fourth-order valence-electron chi connectivity index (χ4n) is 4.55. The largest absolute Gasteiger partial charge is 0.300 e. The molecule has 2 bridgehead atoms. The lowest BCUT2D eigenvalue weighted by Gasteiger charge is -2.40. The highest BCUT2D eigenvalue weighted by Gasteiger charge is 2.36. The summed E-state index contributed by atoms with van der Waals surface area (Å²) in [5.74, 6) is 2.82. The van der Waals surface area contributed by atoms with Crippen LogP contribution in [0.2, 0.25) is 0 Å². The topological polar surface area (TPSA) is 6.48 Å². The number of fused-ring (bicyclic) bond motifs is 2. The molecule has 2 aliphatic carbocycles. The van der Waals surface area contributed by atoms with Crippen LogP contribution < -0.4 is 0 Å². The van der Waals surface area contributed by atoms with E-state index >= 15 is 0 Å². The summed E-state index contributed by atoms with van der Waals surface area (Å²) in [6, 6.07) is 0.826. The molecule has 2 nitrogen and oxygen atoms in total. The van der Waals surface area contributed by atoms with E-state index < -0.39 is 0 Å². The van der Waals surface area contributed by atoms with Crippen molar-refractivity contribution in [3.63, 3.8) is 0 Å². The molecule has 3 atom stereocenters. The van der Waals surface area contributed by atoms with Gasteiger partial charge < -0.3 is 4.90 Å². The summed E-state index contributed by atoms with van der Waals surface area (Å²) in [6.07, 6.45) is 10.5. The Kier molecular flexibility index (Phi) is 4.28. The van der Waals surface area contributed by atoms with Crippen molar-refractivity contribution in [3.05, 3.63) is 12.2 Å². The number of hydrogen-bond acceptors (Lipinski definition) is 2. The Morgan fingerprint density at radius 1 is 1.00 bits per heavy atom. The standard InChI is InChI=1S/C17H30N2/c1-3-17(4-2)19-9-7-18(8-10-19)13-16-12-14-5-6-15(16)11-14/h5-6,14-17H,3-4,7-13H2,1-2H3/t14-,15+,16-/m1/s1. The molecule has 19 heavy (non-hydrogen) atoms. The molecule has 0 N–H and O–H groups in total. The van der Waals surface area contributed by atoms with Gasteiger partial charge in [0.1, 0.15) is 0 Å². The van der Waals surface area contributed by atoms with Gasteiger partial charge in [0.15, 0.2) is 0 Å². The van der Waals surface area contributed by atoms with Crippen molar-refractivity contribution in [3.8, 4) is 0 Å². The first-order chi connectivity index (χ1) is 9.30. The van der Waals surface area contributed by atoms with Crippen LogP contribution in [0.5, 0.6) is 0 Å². The van der Waals surface area contributed by atoms with Crippen molar-refractivity contribution >= 4 is 0 Å². The SMILES string of the molecule is CCC(CC)N1CCN(C[C@H]2C[C@@H]3C=C[C@H]2C3)CC1. The third-order valence-electron chi connectivity index (χ3n) is 5.77. The Balaban J connectivity index is 1.44. The van der Waals surface area contributed by atoms with Crippen molar-refractivity contribution in [1.82, 2.24) is 9.80 Å². The van der Waals surface area contributed by atoms with Crippen molar-refractivity contribution in [2.75, 3.05) is 32.7 Å². The smallest absolute Gasteiger partial charge is 0.0113 e. The number of hydrogen-bond donors (Lipinski definition) is 0. The second-order valence-corrected chi connectivity index (χ2v) is 6.85. The third kappa shape index (κ3) is 2.90. The average Bonchev–Trinajstić information content (AvgIpc) is 3.04. The van der Waals surface area contributed by atoms with Crippen LogP contribution in [0.3, 0.4) is 0 Å². The Hall–Kier alpha value is -0.340. The van der Waals surface area contributed by atoms with E-state index in [4.69, 9.17) is 0 Å². The zero-order chi connectivity index (χ0) is 13.2. The number of nitrogens with zero attached hydrogens (tertiary/aromatic N) is 2. The zero-order valence-corrected chi connectivity index (χ0v) is 12.7. The van der Waals surface area contributed by atoms with E-state index in [-0.39, 0.29) is 0 Å². The third-order valence-corrected chi connectivity index (χ3v) is 5.77. The van der Waals surface area contributed by atoms with Gasteiger partial charge in [-0.2, -0.15) is 0 Å². The maximum Gasteiger partial charge on any atom is 0.0113 e. The van der Waals surface area contributed by atoms with Crippen LogP contribution in [-0.4, -0.2) is 48.6 Å². The number of piperazine rings is 1. The summed E-state index contributed by atoms with van der Waals surface area (Å²) >= 11 is 0. The van der Waals surface area contributed by atoms with Crippen LogP contribution in [0.1, 0.15) is 39.5 Å². The fraction of sp³-hybridized carbons (Fsp3) is 0.882. The molecule has 3 aliphatic rings. The van der Waals surface area contributed by atoms with E-state index in [0.29, 0.717) is 0 Å². The molecule has 2 heteroatoms. The summed E-state index contributed by atoms with van der Waals surface area (Å²) in [4.78, 5) is 5.45. The number of rotatable bonds is 5. The number of allylic oxidation sites excluding steroid dienone is 2. The van der Waals surface area contributed by atoms with E-state index in [9.17, 15) is 0 Å². The van der Waals surface area contributed by atoms with Gasteiger partial charge in [0, 0.05) is 38.8 Å². The Labute approximate surface area is 118 Å². The van der Waals surface area contributed by atoms with Gasteiger partial charge in [-0.15, -0.1) is 0 Å². The van der Waals surface area contributed by atoms with Gasteiger partial charge in [0.2, 0.25) is 0 Å². The lowest BCUT2D eigenvalue weighted by molar-refractivity contribution is 0.0796. The molecule has 1 heterocycles. The van der Waals surface area contributed by atoms with Crippen LogP contribution >= 0.6 is 0 Å². The summed E-state index contributed by atoms with van der Waals surface area (Å²) < 4.78 is 0. The highest BCUT2D eigenvalue weighted by atomic mass is 15.3. The maximum atomic E-state index is 2.73. The molecular formula is C17H30N2. The predicted molar refractivity (Wildman–Crippen MR) is 81.2 cm³/mol. The molecule has 0 spiro atoms. The molecular weight excluding hydrogens is 232 g/mol. The predicted octanol–water partition coefficient (Wildman–Crippen LogP) is 3.00. The maximum absolute atomic E-state index is 2.73. The van der Waals surface area contributed by atoms with E-state index in [1.54, 1.807) is 0 Å². The molecule has 1 saturated carbocycles. The van der Waals surface area contributed by atoms with Crippen LogP contribution in [0, 0.1) is 17.8 Å². The lowest BCUT2D eigenvalue weighted by atomic mass is 9.93. The Morgan fingerprint density at radius 3 is 2.26 bits per heavy atom. The molecule has 3 rings (SSSR count). The van der Waals surface area contributed by atoms with Crippen LogP contribution in [0.25, 0.3) is 0 Å². The highest BCUT2D eigenvalue weighted by molar-refractivity contribution is 5.10. The molecule has 0 aromatic carbocycles. The van der Waals surface area contributed by atoms with Gasteiger partial charge in [-0.05, 0) is 43.4 Å². The van der Waals surface area contributed by atoms with E-state index in [0.717, 1.165) is 23.8 Å². The van der Waals surface area contributed by atoms with E-state index in [1.165, 1.54) is 58.4 Å². The molecule has 108 valence electrons. The van der Waals surface area contributed by atoms with Crippen molar-refractivity contribution in [1.29, 1.82) is 0 Å². The van der Waals surface area contributed by atoms with Gasteiger partial charge in [-0.1, -0.05) is 26.0 Å². The van der Waals surface area contributed by atoms with E-state index in [1.807, 2.05) is 0 Å². The van der Waals surface area contributed by atoms with Gasteiger partial charge >= 0.3 is 0 Å². The summed E-state index contributed by atoms with van der Waals surface area (Å²) in [5.41, 5.74) is 0. The minimum Gasteiger partial charge on any atom is -0.300 e. The monoisotopic (exact) mass is 262 g/mol. The lowest BCUT2D eigenvalue weighted by Crippen LogP contribution is -2.51. The molecule has 0 aromatic rings. The Morgan fingerprint density at radius 2 is 1.74 bits per heavy atom. The normalized spacial score (nSPS) is 35.6. The van der Waals surface area contributed by atoms with Crippen LogP contribution in [0.4, 0.5) is 0 Å². The molecule has 2 fully saturated rings. The first-order valence-corrected chi connectivity index (χ1v) is 8.44. The molecule has 0 amide bonds. The zero-order valence-electron chi connectivity index (χ0n) is 12.7. The molecule has 0 unspecified atom stereocenters. The quantitative estimate of drug-likeness (QED) is 0.703. The summed E-state index contributed by atoms with van der Waals surface area (Å²) in [7, 11) is 0. The minimum absolute atomic E-state index is 0.826. The van der Waals surface area contributed by atoms with Gasteiger partial charge in [0.05, 0.1) is 0 Å². The van der Waals surface area contributed by atoms with Gasteiger partial charge in [-0.25, -0.2) is 0 Å². The van der Waals surface area contributed by atoms with Crippen molar-refractivity contribution < 1.29 is 0 Å². The average molecular weight is 262 g/mol. The summed E-state index contributed by atoms with van der Waals surface area (Å²) in [5, 5.41) is 0. The van der Waals surface area contributed by atoms with Crippen LogP contribution in [0.15, 0.2) is 12.2 Å². The second kappa shape index (κ2) is 5.97. The molecule has 0 radical (unpaired) electrons. The van der Waals surface area contributed by atoms with E-state index in [2.05, 4.69) is 35.8 Å².